The van der Waals surface area contributed by atoms with Gasteiger partial charge in [0.05, 0.1) is 0 Å². The third-order valence-electron chi connectivity index (χ3n) is 5.08. The van der Waals surface area contributed by atoms with Crippen molar-refractivity contribution in [3.8, 4) is 0 Å². The van der Waals surface area contributed by atoms with Crippen molar-refractivity contribution in [1.82, 2.24) is 30.2 Å². The molecule has 0 bridgehead atoms. The summed E-state index contributed by atoms with van der Waals surface area (Å²) in [7, 11) is 0. The molecule has 1 aromatic carbocycles. The van der Waals surface area contributed by atoms with E-state index in [9.17, 15) is 9.59 Å². The average Bonchev–Trinajstić information content (AvgIpc) is 3.48. The van der Waals surface area contributed by atoms with E-state index >= 15 is 0 Å². The van der Waals surface area contributed by atoms with Crippen LogP contribution in [0.3, 0.4) is 0 Å². The second-order valence-electron chi connectivity index (χ2n) is 8.37. The third-order valence-corrected chi connectivity index (χ3v) is 5.08. The molecule has 2 heterocycles. The van der Waals surface area contributed by atoms with Crippen molar-refractivity contribution in [2.75, 3.05) is 23.7 Å². The lowest BCUT2D eigenvalue weighted by Crippen LogP contribution is -2.34. The predicted molar refractivity (Wildman–Crippen MR) is 128 cm³/mol. The number of nitrogens with one attached hydrogen (secondary N) is 4. The smallest absolute Gasteiger partial charge is 0.319 e. The van der Waals surface area contributed by atoms with Crippen LogP contribution in [0.5, 0.6) is 0 Å². The van der Waals surface area contributed by atoms with E-state index in [2.05, 4.69) is 31.5 Å². The number of hydrogen-bond donors (Lipinski definition) is 4. The fourth-order valence-corrected chi connectivity index (χ4v) is 3.29. The number of rotatable bonds is 10. The van der Waals surface area contributed by atoms with Crippen LogP contribution in [-0.2, 0) is 13.1 Å². The molecular formula is C23H32N8O2. The lowest BCUT2D eigenvalue weighted by atomic mass is 10.1. The minimum Gasteiger partial charge on any atom is -0.338 e. The van der Waals surface area contributed by atoms with E-state index in [4.69, 9.17) is 0 Å². The zero-order chi connectivity index (χ0) is 23.6. The Kier molecular flexibility index (Phi) is 8.45. The topological polar surface area (TPSA) is 118 Å². The zero-order valence-electron chi connectivity index (χ0n) is 19.3. The summed E-state index contributed by atoms with van der Waals surface area (Å²) in [4.78, 5) is 24.7. The van der Waals surface area contributed by atoms with Gasteiger partial charge in [-0.25, -0.2) is 9.59 Å². The predicted octanol–water partition coefficient (Wildman–Crippen LogP) is 3.30. The third kappa shape index (κ3) is 7.99. The Labute approximate surface area is 193 Å². The summed E-state index contributed by atoms with van der Waals surface area (Å²) in [5.41, 5.74) is 2.13. The molecule has 0 spiro atoms. The molecule has 2 atom stereocenters. The lowest BCUT2D eigenvalue weighted by molar-refractivity contribution is 0.249. The Bertz CT molecular complexity index is 1020. The van der Waals surface area contributed by atoms with E-state index in [0.717, 1.165) is 18.7 Å². The molecule has 0 saturated heterocycles. The summed E-state index contributed by atoms with van der Waals surface area (Å²) >= 11 is 0. The molecule has 4 amide bonds. The molecule has 4 N–H and O–H groups in total. The molecule has 176 valence electrons. The molecule has 0 aliphatic rings. The van der Waals surface area contributed by atoms with Gasteiger partial charge in [0.25, 0.3) is 0 Å². The van der Waals surface area contributed by atoms with E-state index in [-0.39, 0.29) is 23.9 Å². The van der Waals surface area contributed by atoms with Gasteiger partial charge in [-0.1, -0.05) is 19.9 Å². The number of carbonyl (C=O) groups is 2. The van der Waals surface area contributed by atoms with Crippen LogP contribution in [0.4, 0.5) is 21.0 Å². The Morgan fingerprint density at radius 1 is 0.879 bits per heavy atom. The number of amides is 4. The van der Waals surface area contributed by atoms with Gasteiger partial charge in [0.15, 0.2) is 0 Å². The van der Waals surface area contributed by atoms with Gasteiger partial charge in [-0.2, -0.15) is 10.2 Å². The van der Waals surface area contributed by atoms with Crippen LogP contribution in [-0.4, -0.2) is 44.7 Å². The summed E-state index contributed by atoms with van der Waals surface area (Å²) in [5.74, 6) is 0.453. The van der Waals surface area contributed by atoms with Crippen molar-refractivity contribution >= 4 is 23.4 Å². The minimum absolute atomic E-state index is 0.226. The van der Waals surface area contributed by atoms with Gasteiger partial charge in [0.2, 0.25) is 0 Å². The minimum atomic E-state index is -0.297. The van der Waals surface area contributed by atoms with Gasteiger partial charge in [-0.05, 0) is 48.6 Å². The van der Waals surface area contributed by atoms with Crippen molar-refractivity contribution in [1.29, 1.82) is 0 Å². The summed E-state index contributed by atoms with van der Waals surface area (Å²) < 4.78 is 3.68. The van der Waals surface area contributed by atoms with Crippen LogP contribution < -0.4 is 21.3 Å². The van der Waals surface area contributed by atoms with Crippen molar-refractivity contribution in [2.45, 2.75) is 33.9 Å². The van der Waals surface area contributed by atoms with Crippen LogP contribution in [0.2, 0.25) is 0 Å². The molecule has 33 heavy (non-hydrogen) atoms. The SMILES string of the molecule is Cc1ccc(NC(=O)NC[C@@H](C)Cn2cccn2)cc1NC(=O)NC[C@H](C)Cn1cccn1. The Balaban J connectivity index is 1.44. The van der Waals surface area contributed by atoms with Crippen LogP contribution in [0.25, 0.3) is 0 Å². The van der Waals surface area contributed by atoms with Crippen LogP contribution in [0.1, 0.15) is 19.4 Å². The maximum Gasteiger partial charge on any atom is 0.319 e. The largest absolute Gasteiger partial charge is 0.338 e. The van der Waals surface area contributed by atoms with Gasteiger partial charge in [0.1, 0.15) is 0 Å². The first kappa shape index (κ1) is 23.8. The van der Waals surface area contributed by atoms with Crippen LogP contribution in [0.15, 0.2) is 55.1 Å². The zero-order valence-corrected chi connectivity index (χ0v) is 19.3. The molecular weight excluding hydrogens is 420 g/mol. The first-order valence-corrected chi connectivity index (χ1v) is 11.0. The highest BCUT2D eigenvalue weighted by atomic mass is 16.2. The van der Waals surface area contributed by atoms with E-state index in [1.165, 1.54) is 0 Å². The summed E-state index contributed by atoms with van der Waals surface area (Å²) in [5, 5.41) is 19.8. The first-order chi connectivity index (χ1) is 15.9. The average molecular weight is 453 g/mol. The monoisotopic (exact) mass is 452 g/mol. The second kappa shape index (κ2) is 11.7. The van der Waals surface area contributed by atoms with Crippen LogP contribution in [0, 0.1) is 18.8 Å². The summed E-state index contributed by atoms with van der Waals surface area (Å²) in [6, 6.07) is 8.56. The van der Waals surface area contributed by atoms with Gasteiger partial charge < -0.3 is 21.3 Å². The Hall–Kier alpha value is -3.82. The maximum atomic E-state index is 12.4. The van der Waals surface area contributed by atoms with Crippen molar-refractivity contribution < 1.29 is 9.59 Å². The van der Waals surface area contributed by atoms with Gasteiger partial charge in [0, 0.05) is 62.3 Å². The van der Waals surface area contributed by atoms with E-state index in [1.807, 2.05) is 60.7 Å². The fourth-order valence-electron chi connectivity index (χ4n) is 3.29. The van der Waals surface area contributed by atoms with E-state index < -0.39 is 0 Å². The molecule has 3 aromatic rings. The summed E-state index contributed by atoms with van der Waals surface area (Å²) in [6.07, 6.45) is 7.26. The molecule has 0 aliphatic carbocycles. The van der Waals surface area contributed by atoms with Crippen molar-refractivity contribution in [3.05, 3.63) is 60.7 Å². The Morgan fingerprint density at radius 2 is 1.42 bits per heavy atom. The van der Waals surface area contributed by atoms with E-state index in [1.54, 1.807) is 24.5 Å². The molecule has 0 unspecified atom stereocenters. The lowest BCUT2D eigenvalue weighted by Gasteiger charge is -2.16. The molecule has 3 rings (SSSR count). The van der Waals surface area contributed by atoms with Crippen LogP contribution >= 0.6 is 0 Å². The molecule has 0 radical (unpaired) electrons. The first-order valence-electron chi connectivity index (χ1n) is 11.0. The number of benzene rings is 1. The van der Waals surface area contributed by atoms with Gasteiger partial charge in [-0.15, -0.1) is 0 Å². The van der Waals surface area contributed by atoms with Gasteiger partial charge >= 0.3 is 12.1 Å². The highest BCUT2D eigenvalue weighted by Gasteiger charge is 2.11. The summed E-state index contributed by atoms with van der Waals surface area (Å²) in [6.45, 7) is 8.47. The number of aryl methyl sites for hydroxylation is 1. The Morgan fingerprint density at radius 3 is 1.94 bits per heavy atom. The molecule has 0 fully saturated rings. The fraction of sp³-hybridized carbons (Fsp3) is 0.391. The number of anilines is 2. The highest BCUT2D eigenvalue weighted by Crippen LogP contribution is 2.20. The van der Waals surface area contributed by atoms with E-state index in [0.29, 0.717) is 24.5 Å². The van der Waals surface area contributed by atoms with Gasteiger partial charge in [-0.3, -0.25) is 9.36 Å². The normalized spacial score (nSPS) is 12.6. The molecule has 10 heteroatoms. The quantitative estimate of drug-likeness (QED) is 0.377. The molecule has 2 aromatic heterocycles. The number of hydrogen-bond acceptors (Lipinski definition) is 4. The molecule has 0 aliphatic heterocycles. The number of aromatic nitrogens is 4. The number of carbonyl (C=O) groups excluding carboxylic acids is 2. The standard InChI is InChI=1S/C23H32N8O2/c1-17(15-30-10-4-8-26-30)13-24-22(32)28-20-7-6-19(3)21(12-20)29-23(33)25-14-18(2)16-31-11-5-9-27-31/h4-12,17-18H,13-16H2,1-3H3,(H2,24,28,32)(H2,25,29,33)/t17-,18+/m1/s1. The molecule has 0 saturated carbocycles. The number of urea groups is 2. The molecule has 10 nitrogen and oxygen atoms in total. The number of nitrogens with zero attached hydrogens (tertiary/aromatic N) is 4. The highest BCUT2D eigenvalue weighted by molar-refractivity contribution is 5.93. The maximum absolute atomic E-state index is 12.4. The van der Waals surface area contributed by atoms with Crippen molar-refractivity contribution in [3.63, 3.8) is 0 Å². The second-order valence-corrected chi connectivity index (χ2v) is 8.37. The van der Waals surface area contributed by atoms with Crippen molar-refractivity contribution in [2.24, 2.45) is 11.8 Å².